The first-order chi connectivity index (χ1) is 11.3. The number of carbonyl (C=O) groups is 1. The monoisotopic (exact) mass is 328 g/mol. The third-order valence-electron chi connectivity index (χ3n) is 4.53. The van der Waals surface area contributed by atoms with Gasteiger partial charge < -0.3 is 9.80 Å². The molecule has 1 saturated heterocycles. The number of rotatable bonds is 4. The largest absolute Gasteiger partial charge is 0.352 e. The number of carbonyl (C=O) groups excluding carboxylic acids is 1. The van der Waals surface area contributed by atoms with E-state index in [0.29, 0.717) is 12.3 Å². The maximum atomic E-state index is 12.3. The number of hydrogen-bond acceptors (Lipinski definition) is 5. The molecular weight excluding hydrogens is 308 g/mol. The summed E-state index contributed by atoms with van der Waals surface area (Å²) in [6.07, 6.45) is 3.02. The normalized spacial score (nSPS) is 18.3. The molecule has 0 atom stereocenters. The molecule has 0 spiro atoms. The molecule has 4 rings (SSSR count). The molecule has 1 aliphatic heterocycles. The van der Waals surface area contributed by atoms with Gasteiger partial charge in [-0.3, -0.25) is 4.79 Å². The second-order valence-corrected chi connectivity index (χ2v) is 7.25. The van der Waals surface area contributed by atoms with E-state index in [1.165, 1.54) is 12.8 Å². The molecule has 0 aromatic carbocycles. The lowest BCUT2D eigenvalue weighted by Gasteiger charge is -2.35. The highest BCUT2D eigenvalue weighted by atomic mass is 32.1. The molecule has 120 valence electrons. The number of nitrogens with zero attached hydrogens (tertiary/aromatic N) is 4. The third kappa shape index (κ3) is 3.37. The summed E-state index contributed by atoms with van der Waals surface area (Å²) < 4.78 is 0. The van der Waals surface area contributed by atoms with Crippen LogP contribution in [0.15, 0.2) is 29.6 Å². The number of hydrogen-bond donors (Lipinski definition) is 0. The van der Waals surface area contributed by atoms with E-state index in [0.717, 1.165) is 42.6 Å². The van der Waals surface area contributed by atoms with Crippen LogP contribution in [-0.2, 0) is 11.2 Å². The van der Waals surface area contributed by atoms with E-state index >= 15 is 0 Å². The van der Waals surface area contributed by atoms with Gasteiger partial charge in [-0.15, -0.1) is 16.4 Å². The second-order valence-electron chi connectivity index (χ2n) is 6.21. The Morgan fingerprint density at radius 2 is 1.96 bits per heavy atom. The Kier molecular flexibility index (Phi) is 3.99. The lowest BCUT2D eigenvalue weighted by Crippen LogP contribution is -2.49. The summed E-state index contributed by atoms with van der Waals surface area (Å²) >= 11 is 1.65. The third-order valence-corrected chi connectivity index (χ3v) is 5.41. The Labute approximate surface area is 139 Å². The zero-order chi connectivity index (χ0) is 15.6. The Morgan fingerprint density at radius 3 is 2.57 bits per heavy atom. The van der Waals surface area contributed by atoms with Crippen molar-refractivity contribution in [1.82, 2.24) is 15.1 Å². The van der Waals surface area contributed by atoms with Crippen LogP contribution < -0.4 is 4.90 Å². The van der Waals surface area contributed by atoms with Gasteiger partial charge >= 0.3 is 0 Å². The van der Waals surface area contributed by atoms with Gasteiger partial charge in [-0.05, 0) is 36.4 Å². The van der Waals surface area contributed by atoms with E-state index in [9.17, 15) is 4.79 Å². The SMILES string of the molecule is O=C(Cc1cccs1)N1CCN(c2ccc(C3CC3)nn2)CC1. The minimum absolute atomic E-state index is 0.224. The van der Waals surface area contributed by atoms with Crippen molar-refractivity contribution in [2.45, 2.75) is 25.2 Å². The van der Waals surface area contributed by atoms with Gasteiger partial charge in [-0.25, -0.2) is 0 Å². The van der Waals surface area contributed by atoms with Crippen LogP contribution in [0.2, 0.25) is 0 Å². The van der Waals surface area contributed by atoms with E-state index < -0.39 is 0 Å². The Balaban J connectivity index is 1.32. The molecule has 2 aliphatic rings. The maximum absolute atomic E-state index is 12.3. The minimum Gasteiger partial charge on any atom is -0.352 e. The fraction of sp³-hybridized carbons (Fsp3) is 0.471. The summed E-state index contributed by atoms with van der Waals surface area (Å²) in [5.41, 5.74) is 1.12. The zero-order valence-electron chi connectivity index (χ0n) is 13.0. The highest BCUT2D eigenvalue weighted by Gasteiger charge is 2.26. The molecule has 2 aromatic heterocycles. The van der Waals surface area contributed by atoms with E-state index in [-0.39, 0.29) is 5.91 Å². The zero-order valence-corrected chi connectivity index (χ0v) is 13.8. The summed E-state index contributed by atoms with van der Waals surface area (Å²) in [7, 11) is 0. The summed E-state index contributed by atoms with van der Waals surface area (Å²) in [6, 6.07) is 8.20. The van der Waals surface area contributed by atoms with Gasteiger partial charge in [0.25, 0.3) is 0 Å². The van der Waals surface area contributed by atoms with Crippen LogP contribution in [0.25, 0.3) is 0 Å². The lowest BCUT2D eigenvalue weighted by molar-refractivity contribution is -0.130. The fourth-order valence-electron chi connectivity index (χ4n) is 2.96. The van der Waals surface area contributed by atoms with E-state index in [1.54, 1.807) is 11.3 Å². The van der Waals surface area contributed by atoms with E-state index in [1.807, 2.05) is 22.4 Å². The van der Waals surface area contributed by atoms with Gasteiger partial charge in [0.15, 0.2) is 5.82 Å². The van der Waals surface area contributed by atoms with Crippen molar-refractivity contribution >= 4 is 23.1 Å². The van der Waals surface area contributed by atoms with Crippen molar-refractivity contribution in [3.63, 3.8) is 0 Å². The summed E-state index contributed by atoms with van der Waals surface area (Å²) in [6.45, 7) is 3.17. The Bertz CT molecular complexity index is 658. The predicted molar refractivity (Wildman–Crippen MR) is 90.8 cm³/mol. The van der Waals surface area contributed by atoms with Crippen LogP contribution in [0.3, 0.4) is 0 Å². The second kappa shape index (κ2) is 6.28. The maximum Gasteiger partial charge on any atom is 0.227 e. The van der Waals surface area contributed by atoms with Crippen LogP contribution in [0.1, 0.15) is 29.3 Å². The van der Waals surface area contributed by atoms with Crippen molar-refractivity contribution in [2.75, 3.05) is 31.1 Å². The predicted octanol–water partition coefficient (Wildman–Crippen LogP) is 2.31. The quantitative estimate of drug-likeness (QED) is 0.864. The van der Waals surface area contributed by atoms with Crippen LogP contribution in [0.5, 0.6) is 0 Å². The first kappa shape index (κ1) is 14.6. The van der Waals surface area contributed by atoms with E-state index in [4.69, 9.17) is 0 Å². The van der Waals surface area contributed by atoms with Crippen molar-refractivity contribution < 1.29 is 4.79 Å². The van der Waals surface area contributed by atoms with Crippen molar-refractivity contribution in [1.29, 1.82) is 0 Å². The van der Waals surface area contributed by atoms with Gasteiger partial charge in [0.05, 0.1) is 12.1 Å². The molecule has 1 aliphatic carbocycles. The number of thiophene rings is 1. The molecule has 5 nitrogen and oxygen atoms in total. The molecule has 0 radical (unpaired) electrons. The first-order valence-corrected chi connectivity index (χ1v) is 9.06. The van der Waals surface area contributed by atoms with E-state index in [2.05, 4.69) is 27.2 Å². The van der Waals surface area contributed by atoms with Gasteiger partial charge in [0.2, 0.25) is 5.91 Å². The highest BCUT2D eigenvalue weighted by Crippen LogP contribution is 2.38. The smallest absolute Gasteiger partial charge is 0.227 e. The fourth-order valence-corrected chi connectivity index (χ4v) is 3.66. The highest BCUT2D eigenvalue weighted by molar-refractivity contribution is 7.10. The molecule has 2 aromatic rings. The molecule has 1 saturated carbocycles. The first-order valence-electron chi connectivity index (χ1n) is 8.18. The van der Waals surface area contributed by atoms with Gasteiger partial charge in [0.1, 0.15) is 0 Å². The molecule has 23 heavy (non-hydrogen) atoms. The standard InChI is InChI=1S/C17H20N4OS/c22-17(12-14-2-1-11-23-14)21-9-7-20(8-10-21)16-6-5-15(18-19-16)13-3-4-13/h1-2,5-6,11,13H,3-4,7-10,12H2. The molecular formula is C17H20N4OS. The number of amides is 1. The Morgan fingerprint density at radius 1 is 1.13 bits per heavy atom. The summed E-state index contributed by atoms with van der Waals surface area (Å²) in [4.78, 5) is 17.6. The van der Waals surface area contributed by atoms with Crippen LogP contribution in [-0.4, -0.2) is 47.2 Å². The Hall–Kier alpha value is -1.95. The van der Waals surface area contributed by atoms with Crippen molar-refractivity contribution in [3.05, 3.63) is 40.2 Å². The molecule has 3 heterocycles. The number of piperazine rings is 1. The van der Waals surface area contributed by atoms with Gasteiger partial charge in [-0.1, -0.05) is 6.07 Å². The molecule has 2 fully saturated rings. The summed E-state index contributed by atoms with van der Waals surface area (Å²) in [5, 5.41) is 10.7. The average Bonchev–Trinajstić information content (AvgIpc) is 3.33. The average molecular weight is 328 g/mol. The van der Waals surface area contributed by atoms with Crippen molar-refractivity contribution in [2.24, 2.45) is 0 Å². The van der Waals surface area contributed by atoms with Crippen LogP contribution >= 0.6 is 11.3 Å². The molecule has 1 amide bonds. The van der Waals surface area contributed by atoms with Crippen molar-refractivity contribution in [3.8, 4) is 0 Å². The van der Waals surface area contributed by atoms with Gasteiger partial charge in [-0.2, -0.15) is 5.10 Å². The van der Waals surface area contributed by atoms with Gasteiger partial charge in [0, 0.05) is 37.0 Å². The molecule has 0 unspecified atom stereocenters. The minimum atomic E-state index is 0.224. The van der Waals surface area contributed by atoms with Crippen LogP contribution in [0, 0.1) is 0 Å². The lowest BCUT2D eigenvalue weighted by atomic mass is 10.2. The topological polar surface area (TPSA) is 49.3 Å². The molecule has 0 bridgehead atoms. The number of anilines is 1. The summed E-state index contributed by atoms with van der Waals surface area (Å²) in [5.74, 6) is 1.80. The number of aromatic nitrogens is 2. The molecule has 6 heteroatoms. The van der Waals surface area contributed by atoms with Crippen LogP contribution in [0.4, 0.5) is 5.82 Å². The molecule has 0 N–H and O–H groups in total.